The van der Waals surface area contributed by atoms with Gasteiger partial charge in [-0.15, -0.1) is 0 Å². The molecule has 146 valence electrons. The molecule has 0 spiro atoms. The number of fused-ring (bicyclic) bond motifs is 2. The Bertz CT molecular complexity index is 1180. The van der Waals surface area contributed by atoms with E-state index in [2.05, 4.69) is 9.69 Å². The molecule has 1 N–H and O–H groups in total. The first-order valence-electron chi connectivity index (χ1n) is 8.74. The van der Waals surface area contributed by atoms with Crippen LogP contribution in [0.5, 0.6) is 11.5 Å². The Morgan fingerprint density at radius 2 is 2.00 bits per heavy atom. The molecular formula is C18H18N4O5S. The van der Waals surface area contributed by atoms with Crippen molar-refractivity contribution in [3.8, 4) is 11.5 Å². The highest BCUT2D eigenvalue weighted by atomic mass is 32.1. The van der Waals surface area contributed by atoms with Crippen molar-refractivity contribution in [3.05, 3.63) is 44.4 Å². The molecule has 1 aromatic carbocycles. The first-order chi connectivity index (χ1) is 13.5. The monoisotopic (exact) mass is 402 g/mol. The van der Waals surface area contributed by atoms with Crippen LogP contribution in [0.1, 0.15) is 19.9 Å². The molecule has 1 amide bonds. The predicted molar refractivity (Wildman–Crippen MR) is 105 cm³/mol. The number of carbonyl (C=O) groups is 1. The van der Waals surface area contributed by atoms with E-state index < -0.39 is 17.2 Å². The Balaban J connectivity index is 1.65. The maximum absolute atomic E-state index is 12.8. The molecule has 28 heavy (non-hydrogen) atoms. The van der Waals surface area contributed by atoms with Gasteiger partial charge in [-0.25, -0.2) is 4.79 Å². The number of anilines is 1. The molecule has 0 saturated heterocycles. The Hall–Kier alpha value is -3.14. The van der Waals surface area contributed by atoms with Crippen LogP contribution < -0.4 is 26.0 Å². The van der Waals surface area contributed by atoms with Crippen LogP contribution in [0.4, 0.5) is 5.69 Å². The van der Waals surface area contributed by atoms with Crippen LogP contribution in [-0.2, 0) is 11.3 Å². The number of hydrogen-bond donors (Lipinski definition) is 1. The largest absolute Gasteiger partial charge is 0.486 e. The summed E-state index contributed by atoms with van der Waals surface area (Å²) in [5.41, 5.74) is 0.0867. The molecule has 4 rings (SSSR count). The maximum Gasteiger partial charge on any atom is 0.332 e. The number of rotatable bonds is 4. The average Bonchev–Trinajstić information content (AvgIpc) is 3.15. The van der Waals surface area contributed by atoms with Crippen molar-refractivity contribution in [1.82, 2.24) is 13.5 Å². The summed E-state index contributed by atoms with van der Waals surface area (Å²) in [5, 5.41) is 4.35. The number of benzene rings is 1. The highest BCUT2D eigenvalue weighted by molar-refractivity contribution is 7.04. The highest BCUT2D eigenvalue weighted by Gasteiger charge is 2.19. The van der Waals surface area contributed by atoms with E-state index in [1.54, 1.807) is 37.4 Å². The second-order valence-electron chi connectivity index (χ2n) is 6.59. The van der Waals surface area contributed by atoms with E-state index in [9.17, 15) is 14.4 Å². The van der Waals surface area contributed by atoms with Crippen molar-refractivity contribution < 1.29 is 14.3 Å². The minimum atomic E-state index is -0.537. The van der Waals surface area contributed by atoms with Gasteiger partial charge < -0.3 is 14.8 Å². The van der Waals surface area contributed by atoms with E-state index in [-0.39, 0.29) is 18.1 Å². The summed E-state index contributed by atoms with van der Waals surface area (Å²) >= 11 is 1.07. The predicted octanol–water partition coefficient (Wildman–Crippen LogP) is 1.61. The second-order valence-corrected chi connectivity index (χ2v) is 7.22. The van der Waals surface area contributed by atoms with Gasteiger partial charge in [0.25, 0.3) is 5.56 Å². The summed E-state index contributed by atoms with van der Waals surface area (Å²) in [6.07, 6.45) is 0. The molecule has 9 nitrogen and oxygen atoms in total. The van der Waals surface area contributed by atoms with Crippen molar-refractivity contribution in [2.24, 2.45) is 0 Å². The third-order valence-corrected chi connectivity index (χ3v) is 4.96. The molecule has 0 radical (unpaired) electrons. The number of ether oxygens (including phenoxy) is 2. The summed E-state index contributed by atoms with van der Waals surface area (Å²) in [7, 11) is 0. The van der Waals surface area contributed by atoms with Crippen LogP contribution in [-0.4, -0.2) is 32.6 Å². The number of amides is 1. The van der Waals surface area contributed by atoms with E-state index >= 15 is 0 Å². The summed E-state index contributed by atoms with van der Waals surface area (Å²) in [6, 6.07) is 4.74. The Morgan fingerprint density at radius 1 is 1.25 bits per heavy atom. The molecule has 2 aromatic heterocycles. The number of hydrogen-bond acceptors (Lipinski definition) is 7. The minimum Gasteiger partial charge on any atom is -0.486 e. The van der Waals surface area contributed by atoms with Gasteiger partial charge >= 0.3 is 5.69 Å². The third-order valence-electron chi connectivity index (χ3n) is 4.34. The lowest BCUT2D eigenvalue weighted by molar-refractivity contribution is -0.116. The SMILES string of the molecule is CC(C)n1c(=O)c2nscc2n(CC(=O)Nc2ccc3c(c2)OCCO3)c1=O. The highest BCUT2D eigenvalue weighted by Crippen LogP contribution is 2.32. The van der Waals surface area contributed by atoms with Crippen molar-refractivity contribution in [3.63, 3.8) is 0 Å². The molecule has 3 aromatic rings. The first kappa shape index (κ1) is 18.2. The van der Waals surface area contributed by atoms with Crippen LogP contribution in [0.15, 0.2) is 33.2 Å². The molecule has 0 fully saturated rings. The fraction of sp³-hybridized carbons (Fsp3) is 0.333. The second kappa shape index (κ2) is 7.12. The van der Waals surface area contributed by atoms with Crippen LogP contribution in [0, 0.1) is 0 Å². The van der Waals surface area contributed by atoms with Crippen LogP contribution >= 0.6 is 11.5 Å². The van der Waals surface area contributed by atoms with E-state index in [1.807, 2.05) is 0 Å². The van der Waals surface area contributed by atoms with Crippen molar-refractivity contribution in [2.45, 2.75) is 26.4 Å². The Morgan fingerprint density at radius 3 is 2.75 bits per heavy atom. The molecule has 0 atom stereocenters. The Labute approximate surface area is 163 Å². The zero-order chi connectivity index (χ0) is 19.8. The molecular weight excluding hydrogens is 384 g/mol. The van der Waals surface area contributed by atoms with Gasteiger partial charge in [-0.3, -0.25) is 18.7 Å². The van der Waals surface area contributed by atoms with E-state index in [0.717, 1.165) is 16.1 Å². The van der Waals surface area contributed by atoms with Gasteiger partial charge in [0.2, 0.25) is 5.91 Å². The van der Waals surface area contributed by atoms with Crippen LogP contribution in [0.3, 0.4) is 0 Å². The van der Waals surface area contributed by atoms with Crippen molar-refractivity contribution in [2.75, 3.05) is 18.5 Å². The number of nitrogens with zero attached hydrogens (tertiary/aromatic N) is 3. The van der Waals surface area contributed by atoms with E-state index in [4.69, 9.17) is 9.47 Å². The molecule has 3 heterocycles. The topological polar surface area (TPSA) is 104 Å². The molecule has 0 aliphatic carbocycles. The van der Waals surface area contributed by atoms with Crippen LogP contribution in [0.2, 0.25) is 0 Å². The standard InChI is InChI=1S/C18H18N4O5S/c1-10(2)22-17(24)16-12(9-28-20-16)21(18(22)25)8-15(23)19-11-3-4-13-14(7-11)27-6-5-26-13/h3-4,7,9-10H,5-6,8H2,1-2H3,(H,19,23). The van der Waals surface area contributed by atoms with Gasteiger partial charge in [-0.05, 0) is 37.5 Å². The molecule has 1 aliphatic rings. The van der Waals surface area contributed by atoms with Gasteiger partial charge in [0, 0.05) is 23.2 Å². The number of nitrogens with one attached hydrogen (secondary N) is 1. The van der Waals surface area contributed by atoms with Gasteiger partial charge in [-0.2, -0.15) is 4.37 Å². The number of aromatic nitrogens is 3. The van der Waals surface area contributed by atoms with Gasteiger partial charge in [0.1, 0.15) is 19.8 Å². The minimum absolute atomic E-state index is 0.186. The fourth-order valence-electron chi connectivity index (χ4n) is 3.08. The number of carbonyl (C=O) groups excluding carboxylic acids is 1. The van der Waals surface area contributed by atoms with Crippen molar-refractivity contribution in [1.29, 1.82) is 0 Å². The summed E-state index contributed by atoms with van der Waals surface area (Å²) in [5.74, 6) is 0.773. The third kappa shape index (κ3) is 3.15. The van der Waals surface area contributed by atoms with Gasteiger partial charge in [-0.1, -0.05) is 0 Å². The van der Waals surface area contributed by atoms with Crippen LogP contribution in [0.25, 0.3) is 11.0 Å². The lowest BCUT2D eigenvalue weighted by atomic mass is 10.2. The quantitative estimate of drug-likeness (QED) is 0.711. The lowest BCUT2D eigenvalue weighted by Crippen LogP contribution is -2.42. The molecule has 0 unspecified atom stereocenters. The zero-order valence-electron chi connectivity index (χ0n) is 15.3. The molecule has 1 aliphatic heterocycles. The average molecular weight is 402 g/mol. The molecule has 0 saturated carbocycles. The fourth-order valence-corrected chi connectivity index (χ4v) is 3.75. The molecule has 0 bridgehead atoms. The summed E-state index contributed by atoms with van der Waals surface area (Å²) < 4.78 is 17.4. The maximum atomic E-state index is 12.8. The Kier molecular flexibility index (Phi) is 4.63. The van der Waals surface area contributed by atoms with Gasteiger partial charge in [0.05, 0.1) is 5.52 Å². The smallest absolute Gasteiger partial charge is 0.332 e. The van der Waals surface area contributed by atoms with Gasteiger partial charge in [0.15, 0.2) is 17.0 Å². The zero-order valence-corrected chi connectivity index (χ0v) is 16.1. The summed E-state index contributed by atoms with van der Waals surface area (Å²) in [4.78, 5) is 37.9. The van der Waals surface area contributed by atoms with E-state index in [0.29, 0.717) is 35.9 Å². The summed E-state index contributed by atoms with van der Waals surface area (Å²) in [6.45, 7) is 4.16. The van der Waals surface area contributed by atoms with E-state index in [1.165, 1.54) is 4.57 Å². The van der Waals surface area contributed by atoms with Crippen molar-refractivity contribution >= 4 is 34.2 Å². The normalized spacial score (nSPS) is 13.1. The molecule has 10 heteroatoms. The first-order valence-corrected chi connectivity index (χ1v) is 9.58. The lowest BCUT2D eigenvalue weighted by Gasteiger charge is -2.19.